The van der Waals surface area contributed by atoms with Crippen molar-refractivity contribution in [2.75, 3.05) is 54.4 Å². The summed E-state index contributed by atoms with van der Waals surface area (Å²) in [7, 11) is 7.75. The van der Waals surface area contributed by atoms with E-state index >= 15 is 0 Å². The van der Waals surface area contributed by atoms with Crippen LogP contribution in [0, 0.1) is 0 Å². The first-order chi connectivity index (χ1) is 9.40. The van der Waals surface area contributed by atoms with Crippen molar-refractivity contribution in [2.24, 2.45) is 0 Å². The average Bonchev–Trinajstić information content (AvgIpc) is 2.42. The van der Waals surface area contributed by atoms with Crippen molar-refractivity contribution in [2.45, 2.75) is 0 Å². The number of carbonyl (C=O) groups is 1. The molecule has 0 N–H and O–H groups in total. The number of quaternary nitrogens is 1. The van der Waals surface area contributed by atoms with Crippen LogP contribution in [0.5, 0.6) is 5.75 Å². The summed E-state index contributed by atoms with van der Waals surface area (Å²) in [6.07, 6.45) is -0.344. The Kier molecular flexibility index (Phi) is 6.19. The maximum absolute atomic E-state index is 11.6. The molecule has 0 bridgehead atoms. The average molecular weight is 358 g/mol. The zero-order chi connectivity index (χ0) is 14.8. The standard InChI is InChI=1S/C15H24N3O2.BrH/c1-16(2)15(19)20-14-7-5-6-13(12-14)18(4)10-8-17(3)9-11-18;/h5-7,12H,8-11H2,1-4H3;1H/q+1;/p-1. The van der Waals surface area contributed by atoms with Crippen LogP contribution in [0.15, 0.2) is 24.3 Å². The SMILES string of the molecule is CN1CC[N+](C)(c2cccc(OC(=O)N(C)C)c2)CC1.[Br-]. The summed E-state index contributed by atoms with van der Waals surface area (Å²) < 4.78 is 6.23. The van der Waals surface area contributed by atoms with Gasteiger partial charge in [0.15, 0.2) is 0 Å². The number of carbonyl (C=O) groups excluding carboxylic acids is 1. The number of rotatable bonds is 2. The molecule has 0 saturated carbocycles. The Morgan fingerprint density at radius 1 is 1.29 bits per heavy atom. The molecule has 21 heavy (non-hydrogen) atoms. The number of piperazine rings is 1. The van der Waals surface area contributed by atoms with Crippen molar-refractivity contribution in [1.82, 2.24) is 14.3 Å². The number of amides is 1. The molecule has 0 aliphatic carbocycles. The molecule has 0 aromatic heterocycles. The molecular weight excluding hydrogens is 334 g/mol. The fourth-order valence-corrected chi connectivity index (χ4v) is 2.34. The van der Waals surface area contributed by atoms with E-state index < -0.39 is 0 Å². The van der Waals surface area contributed by atoms with Crippen LogP contribution in [0.25, 0.3) is 0 Å². The smallest absolute Gasteiger partial charge is 0.414 e. The van der Waals surface area contributed by atoms with Gasteiger partial charge in [-0.05, 0) is 19.2 Å². The van der Waals surface area contributed by atoms with Gasteiger partial charge in [0.2, 0.25) is 0 Å². The zero-order valence-electron chi connectivity index (χ0n) is 13.2. The van der Waals surface area contributed by atoms with Gasteiger partial charge >= 0.3 is 6.09 Å². The maximum Gasteiger partial charge on any atom is 0.414 e. The van der Waals surface area contributed by atoms with E-state index in [1.807, 2.05) is 18.2 Å². The minimum absolute atomic E-state index is 0. The van der Waals surface area contributed by atoms with Gasteiger partial charge in [-0.3, -0.25) is 9.38 Å². The minimum Gasteiger partial charge on any atom is -1.00 e. The van der Waals surface area contributed by atoms with Gasteiger partial charge in [0.25, 0.3) is 0 Å². The third-order valence-corrected chi connectivity index (χ3v) is 3.96. The van der Waals surface area contributed by atoms with Crippen LogP contribution < -0.4 is 26.2 Å². The van der Waals surface area contributed by atoms with Crippen molar-refractivity contribution in [3.63, 3.8) is 0 Å². The van der Waals surface area contributed by atoms with E-state index in [1.54, 1.807) is 14.1 Å². The third-order valence-electron chi connectivity index (χ3n) is 3.96. The van der Waals surface area contributed by atoms with Gasteiger partial charge in [0, 0.05) is 33.3 Å². The summed E-state index contributed by atoms with van der Waals surface area (Å²) in [6, 6.07) is 7.87. The first-order valence-corrected chi connectivity index (χ1v) is 6.93. The molecule has 1 aromatic rings. The Bertz CT molecular complexity index is 486. The van der Waals surface area contributed by atoms with Gasteiger partial charge in [-0.1, -0.05) is 6.07 Å². The Morgan fingerprint density at radius 3 is 2.48 bits per heavy atom. The lowest BCUT2D eigenvalue weighted by molar-refractivity contribution is -0.00000939. The van der Waals surface area contributed by atoms with Gasteiger partial charge < -0.3 is 26.6 Å². The van der Waals surface area contributed by atoms with E-state index in [0.717, 1.165) is 30.7 Å². The van der Waals surface area contributed by atoms with Gasteiger partial charge in [-0.2, -0.15) is 0 Å². The highest BCUT2D eigenvalue weighted by molar-refractivity contribution is 5.70. The number of halogens is 1. The summed E-state index contributed by atoms with van der Waals surface area (Å²) in [5.74, 6) is 0.611. The first-order valence-electron chi connectivity index (χ1n) is 6.93. The van der Waals surface area contributed by atoms with E-state index in [1.165, 1.54) is 10.6 Å². The van der Waals surface area contributed by atoms with Crippen molar-refractivity contribution in [3.05, 3.63) is 24.3 Å². The predicted molar refractivity (Wildman–Crippen MR) is 81.1 cm³/mol. The van der Waals surface area contributed by atoms with Gasteiger partial charge in [0.05, 0.1) is 20.1 Å². The van der Waals surface area contributed by atoms with E-state index in [9.17, 15) is 4.79 Å². The number of hydrogen-bond donors (Lipinski definition) is 0. The highest BCUT2D eigenvalue weighted by atomic mass is 79.9. The number of ether oxygens (including phenoxy) is 1. The highest BCUT2D eigenvalue weighted by Gasteiger charge is 2.30. The normalized spacial score (nSPS) is 17.7. The molecule has 0 unspecified atom stereocenters. The molecule has 1 heterocycles. The molecule has 0 spiro atoms. The van der Waals surface area contributed by atoms with Gasteiger partial charge in [-0.15, -0.1) is 0 Å². The van der Waals surface area contributed by atoms with Gasteiger partial charge in [-0.25, -0.2) is 4.79 Å². The second-order valence-electron chi connectivity index (χ2n) is 5.91. The molecule has 1 amide bonds. The number of likely N-dealkylation sites (N-methyl/N-ethyl adjacent to an activating group) is 2. The van der Waals surface area contributed by atoms with Crippen molar-refractivity contribution < 1.29 is 26.5 Å². The van der Waals surface area contributed by atoms with Crippen LogP contribution in [-0.2, 0) is 0 Å². The second-order valence-corrected chi connectivity index (χ2v) is 5.91. The molecular formula is C15H24BrN3O2. The van der Waals surface area contributed by atoms with Crippen molar-refractivity contribution in [1.29, 1.82) is 0 Å². The third kappa shape index (κ3) is 4.43. The predicted octanol–water partition coefficient (Wildman–Crippen LogP) is -1.37. The molecule has 1 saturated heterocycles. The van der Waals surface area contributed by atoms with Crippen LogP contribution >= 0.6 is 0 Å². The molecule has 1 aliphatic rings. The molecule has 0 radical (unpaired) electrons. The van der Waals surface area contributed by atoms with Crippen LogP contribution in [-0.4, -0.2) is 70.3 Å². The van der Waals surface area contributed by atoms with E-state index in [4.69, 9.17) is 4.74 Å². The van der Waals surface area contributed by atoms with Crippen molar-refractivity contribution in [3.8, 4) is 5.75 Å². The second kappa shape index (κ2) is 7.24. The molecule has 2 rings (SSSR count). The quantitative estimate of drug-likeness (QED) is 0.612. The molecule has 1 aliphatic heterocycles. The summed E-state index contributed by atoms with van der Waals surface area (Å²) in [4.78, 5) is 15.4. The maximum atomic E-state index is 11.6. The van der Waals surface area contributed by atoms with Gasteiger partial charge in [0.1, 0.15) is 11.4 Å². The Balaban J connectivity index is 0.00000220. The van der Waals surface area contributed by atoms with Crippen LogP contribution in [0.3, 0.4) is 0 Å². The van der Waals surface area contributed by atoms with Crippen LogP contribution in [0.1, 0.15) is 0 Å². The number of hydrogen-bond acceptors (Lipinski definition) is 3. The van der Waals surface area contributed by atoms with E-state index in [2.05, 4.69) is 25.1 Å². The van der Waals surface area contributed by atoms with E-state index in [0.29, 0.717) is 5.75 Å². The first kappa shape index (κ1) is 17.9. The summed E-state index contributed by atoms with van der Waals surface area (Å²) in [5.41, 5.74) is 1.20. The summed E-state index contributed by atoms with van der Waals surface area (Å²) >= 11 is 0. The molecule has 1 aromatic carbocycles. The fraction of sp³-hybridized carbons (Fsp3) is 0.533. The largest absolute Gasteiger partial charge is 1.00 e. The fourth-order valence-electron chi connectivity index (χ4n) is 2.34. The molecule has 0 atom stereocenters. The molecule has 1 fully saturated rings. The molecule has 5 nitrogen and oxygen atoms in total. The molecule has 6 heteroatoms. The lowest BCUT2D eigenvalue weighted by Gasteiger charge is -2.40. The van der Waals surface area contributed by atoms with Crippen LogP contribution in [0.4, 0.5) is 10.5 Å². The number of benzene rings is 1. The monoisotopic (exact) mass is 357 g/mol. The topological polar surface area (TPSA) is 32.8 Å². The lowest BCUT2D eigenvalue weighted by Crippen LogP contribution is -3.00. The minimum atomic E-state index is -0.344. The molecule has 118 valence electrons. The van der Waals surface area contributed by atoms with Crippen molar-refractivity contribution >= 4 is 11.8 Å². The zero-order valence-corrected chi connectivity index (χ0v) is 14.8. The highest BCUT2D eigenvalue weighted by Crippen LogP contribution is 2.27. The van der Waals surface area contributed by atoms with Crippen LogP contribution in [0.2, 0.25) is 0 Å². The summed E-state index contributed by atoms with van der Waals surface area (Å²) in [6.45, 7) is 4.31. The number of nitrogens with zero attached hydrogens (tertiary/aromatic N) is 3. The lowest BCUT2D eigenvalue weighted by atomic mass is 10.2. The Labute approximate surface area is 137 Å². The van der Waals surface area contributed by atoms with E-state index in [-0.39, 0.29) is 23.1 Å². The Morgan fingerprint density at radius 2 is 1.90 bits per heavy atom. The summed E-state index contributed by atoms with van der Waals surface area (Å²) in [5, 5.41) is 0. The Hall–Kier alpha value is -1.11.